The Morgan fingerprint density at radius 3 is 2.93 bits per heavy atom. The van der Waals surface area contributed by atoms with Gasteiger partial charge >= 0.3 is 5.97 Å². The molecule has 2 atom stereocenters. The number of nitrogens with zero attached hydrogens (tertiary/aromatic N) is 1. The normalized spacial score (nSPS) is 19.5. The molecule has 8 heteroatoms. The lowest BCUT2D eigenvalue weighted by Crippen LogP contribution is -2.43. The Morgan fingerprint density at radius 2 is 2.17 bits per heavy atom. The highest BCUT2D eigenvalue weighted by atomic mass is 16.6. The number of hydrogen-bond donors (Lipinski definition) is 1. The molecule has 1 saturated heterocycles. The van der Waals surface area contributed by atoms with E-state index in [9.17, 15) is 9.59 Å². The van der Waals surface area contributed by atoms with Gasteiger partial charge in [0.1, 0.15) is 13.2 Å². The van der Waals surface area contributed by atoms with Crippen LogP contribution in [-0.2, 0) is 14.3 Å². The van der Waals surface area contributed by atoms with Crippen LogP contribution in [0.2, 0.25) is 0 Å². The molecule has 1 aromatic rings. The fourth-order valence-electron chi connectivity index (χ4n) is 3.83. The van der Waals surface area contributed by atoms with E-state index in [2.05, 4.69) is 12.2 Å². The lowest BCUT2D eigenvalue weighted by atomic mass is 9.95. The summed E-state index contributed by atoms with van der Waals surface area (Å²) in [6.45, 7) is 5.71. The van der Waals surface area contributed by atoms with Crippen LogP contribution in [0.3, 0.4) is 0 Å². The monoisotopic (exact) mass is 420 g/mol. The number of hydrogen-bond acceptors (Lipinski definition) is 7. The lowest BCUT2D eigenvalue weighted by molar-refractivity contribution is -0.142. The molecule has 0 radical (unpaired) electrons. The summed E-state index contributed by atoms with van der Waals surface area (Å²) in [4.78, 5) is 25.5. The topological polar surface area (TPSA) is 86.3 Å². The highest BCUT2D eigenvalue weighted by Gasteiger charge is 2.23. The van der Waals surface area contributed by atoms with E-state index in [4.69, 9.17) is 18.9 Å². The highest BCUT2D eigenvalue weighted by Crippen LogP contribution is 2.32. The number of benzene rings is 1. The van der Waals surface area contributed by atoms with E-state index in [0.29, 0.717) is 42.7 Å². The lowest BCUT2D eigenvalue weighted by Gasteiger charge is -2.29. The summed E-state index contributed by atoms with van der Waals surface area (Å²) in [6, 6.07) is 5.03. The van der Waals surface area contributed by atoms with Gasteiger partial charge in [-0.05, 0) is 43.5 Å². The molecule has 166 valence electrons. The van der Waals surface area contributed by atoms with Crippen LogP contribution < -0.4 is 14.8 Å². The molecule has 1 N–H and O–H groups in total. The van der Waals surface area contributed by atoms with Crippen molar-refractivity contribution in [3.8, 4) is 11.5 Å². The van der Waals surface area contributed by atoms with Gasteiger partial charge in [-0.2, -0.15) is 0 Å². The number of fused-ring (bicyclic) bond motifs is 1. The molecule has 3 rings (SSSR count). The SMILES string of the molecule is CCCC(CCN[C@H]1COc2ccc(C(=O)OC)cc2O1)CCN1CCOCC1=O. The van der Waals surface area contributed by atoms with Crippen molar-refractivity contribution in [3.63, 3.8) is 0 Å². The first-order chi connectivity index (χ1) is 14.6. The van der Waals surface area contributed by atoms with E-state index in [1.54, 1.807) is 18.2 Å². The third kappa shape index (κ3) is 6.09. The Morgan fingerprint density at radius 1 is 1.30 bits per heavy atom. The molecule has 2 aliphatic heterocycles. The van der Waals surface area contributed by atoms with Crippen LogP contribution in [0.25, 0.3) is 0 Å². The number of carbonyl (C=O) groups is 2. The number of rotatable bonds is 10. The van der Waals surface area contributed by atoms with E-state index >= 15 is 0 Å². The zero-order chi connectivity index (χ0) is 21.3. The molecule has 0 aliphatic carbocycles. The van der Waals surface area contributed by atoms with Crippen LogP contribution in [0.5, 0.6) is 11.5 Å². The van der Waals surface area contributed by atoms with E-state index in [0.717, 1.165) is 38.8 Å². The van der Waals surface area contributed by atoms with Gasteiger partial charge in [0.25, 0.3) is 0 Å². The third-order valence-electron chi connectivity index (χ3n) is 5.54. The standard InChI is InChI=1S/C22H32N2O6/c1-3-4-16(8-10-24-11-12-28-15-21(24)25)7-9-23-20-14-29-18-6-5-17(22(26)27-2)13-19(18)30-20/h5-6,13,16,20,23H,3-4,7-12,14-15H2,1-2H3/t16?,20-/m1/s1. The Labute approximate surface area is 177 Å². The molecule has 1 fully saturated rings. The van der Waals surface area contributed by atoms with Gasteiger partial charge in [0.2, 0.25) is 5.91 Å². The van der Waals surface area contributed by atoms with E-state index in [-0.39, 0.29) is 18.7 Å². The summed E-state index contributed by atoms with van der Waals surface area (Å²) in [7, 11) is 1.35. The third-order valence-corrected chi connectivity index (χ3v) is 5.54. The van der Waals surface area contributed by atoms with Crippen molar-refractivity contribution in [2.24, 2.45) is 5.92 Å². The molecule has 1 aromatic carbocycles. The molecule has 0 saturated carbocycles. The summed E-state index contributed by atoms with van der Waals surface area (Å²) >= 11 is 0. The molecule has 0 aromatic heterocycles. The first kappa shape index (κ1) is 22.4. The average Bonchev–Trinajstić information content (AvgIpc) is 2.77. The fourth-order valence-corrected chi connectivity index (χ4v) is 3.83. The van der Waals surface area contributed by atoms with Gasteiger partial charge in [-0.25, -0.2) is 4.79 Å². The first-order valence-electron chi connectivity index (χ1n) is 10.7. The summed E-state index contributed by atoms with van der Waals surface area (Å²) < 4.78 is 21.7. The molecular weight excluding hydrogens is 388 g/mol. The van der Waals surface area contributed by atoms with Crippen molar-refractivity contribution in [1.29, 1.82) is 0 Å². The smallest absolute Gasteiger partial charge is 0.337 e. The number of nitrogens with one attached hydrogen (secondary N) is 1. The molecule has 0 bridgehead atoms. The molecular formula is C22H32N2O6. The van der Waals surface area contributed by atoms with Crippen LogP contribution in [0.15, 0.2) is 18.2 Å². The van der Waals surface area contributed by atoms with Gasteiger partial charge in [-0.1, -0.05) is 19.8 Å². The van der Waals surface area contributed by atoms with Crippen molar-refractivity contribution in [1.82, 2.24) is 10.2 Å². The summed E-state index contributed by atoms with van der Waals surface area (Å²) in [5.74, 6) is 1.39. The van der Waals surface area contributed by atoms with E-state index in [1.807, 2.05) is 4.90 Å². The Kier molecular flexibility index (Phi) is 8.33. The van der Waals surface area contributed by atoms with Crippen molar-refractivity contribution in [2.75, 3.05) is 46.6 Å². The van der Waals surface area contributed by atoms with Gasteiger partial charge in [-0.15, -0.1) is 0 Å². The minimum Gasteiger partial charge on any atom is -0.484 e. The van der Waals surface area contributed by atoms with Crippen LogP contribution in [0, 0.1) is 5.92 Å². The fraction of sp³-hybridized carbons (Fsp3) is 0.636. The second kappa shape index (κ2) is 11.2. The second-order valence-electron chi connectivity index (χ2n) is 7.69. The first-order valence-corrected chi connectivity index (χ1v) is 10.7. The largest absolute Gasteiger partial charge is 0.484 e. The van der Waals surface area contributed by atoms with Gasteiger partial charge in [-0.3, -0.25) is 10.1 Å². The quantitative estimate of drug-likeness (QED) is 0.581. The number of morpholine rings is 1. The molecule has 1 unspecified atom stereocenters. The minimum atomic E-state index is -0.405. The predicted molar refractivity (Wildman–Crippen MR) is 111 cm³/mol. The Balaban J connectivity index is 1.45. The summed E-state index contributed by atoms with van der Waals surface area (Å²) in [6.07, 6.45) is 3.98. The Bertz CT molecular complexity index is 726. The number of methoxy groups -OCH3 is 1. The maximum Gasteiger partial charge on any atom is 0.337 e. The number of amides is 1. The average molecular weight is 421 g/mol. The van der Waals surface area contributed by atoms with Crippen LogP contribution in [0.4, 0.5) is 0 Å². The van der Waals surface area contributed by atoms with Crippen LogP contribution in [0.1, 0.15) is 43.0 Å². The maximum absolute atomic E-state index is 11.9. The maximum atomic E-state index is 11.9. The Hall–Kier alpha value is -2.32. The molecule has 30 heavy (non-hydrogen) atoms. The van der Waals surface area contributed by atoms with E-state index < -0.39 is 5.97 Å². The highest BCUT2D eigenvalue weighted by molar-refractivity contribution is 5.90. The predicted octanol–water partition coefficient (Wildman–Crippen LogP) is 2.22. The van der Waals surface area contributed by atoms with Crippen molar-refractivity contribution in [2.45, 2.75) is 38.8 Å². The second-order valence-corrected chi connectivity index (χ2v) is 7.69. The van der Waals surface area contributed by atoms with Gasteiger partial charge in [0.15, 0.2) is 17.7 Å². The minimum absolute atomic E-state index is 0.0902. The zero-order valence-electron chi connectivity index (χ0n) is 17.9. The number of carbonyl (C=O) groups excluding carboxylic acids is 2. The van der Waals surface area contributed by atoms with Gasteiger partial charge in [0, 0.05) is 13.1 Å². The van der Waals surface area contributed by atoms with Gasteiger partial charge < -0.3 is 23.8 Å². The van der Waals surface area contributed by atoms with Crippen molar-refractivity contribution in [3.05, 3.63) is 23.8 Å². The summed E-state index contributed by atoms with van der Waals surface area (Å²) in [5.41, 5.74) is 0.432. The zero-order valence-corrected chi connectivity index (χ0v) is 17.9. The van der Waals surface area contributed by atoms with Crippen LogP contribution in [-0.4, -0.2) is 69.6 Å². The van der Waals surface area contributed by atoms with Crippen LogP contribution >= 0.6 is 0 Å². The summed E-state index contributed by atoms with van der Waals surface area (Å²) in [5, 5.41) is 3.40. The van der Waals surface area contributed by atoms with Crippen molar-refractivity contribution < 1.29 is 28.5 Å². The molecule has 0 spiro atoms. The number of esters is 1. The number of ether oxygens (including phenoxy) is 4. The van der Waals surface area contributed by atoms with E-state index in [1.165, 1.54) is 7.11 Å². The molecule has 2 heterocycles. The van der Waals surface area contributed by atoms with Gasteiger partial charge in [0.05, 0.1) is 19.3 Å². The molecule has 2 aliphatic rings. The molecule has 8 nitrogen and oxygen atoms in total. The molecule has 1 amide bonds. The van der Waals surface area contributed by atoms with Crippen molar-refractivity contribution >= 4 is 11.9 Å².